The predicted molar refractivity (Wildman–Crippen MR) is 163 cm³/mol. The van der Waals surface area contributed by atoms with Crippen LogP contribution in [0.15, 0.2) is 92.1 Å². The second-order valence-corrected chi connectivity index (χ2v) is 7.87. The van der Waals surface area contributed by atoms with Crippen molar-refractivity contribution in [2.75, 3.05) is 0 Å². The molecule has 0 aliphatic heterocycles. The fraction of sp³-hybridized carbons (Fsp3) is 0.394. The van der Waals surface area contributed by atoms with Gasteiger partial charge in [0.1, 0.15) is 0 Å². The minimum absolute atomic E-state index is 0.818. The van der Waals surface area contributed by atoms with Gasteiger partial charge in [-0.1, -0.05) is 112 Å². The van der Waals surface area contributed by atoms with Gasteiger partial charge in [-0.2, -0.15) is 0 Å². The molecule has 0 saturated heterocycles. The number of benzene rings is 2. The molecular weight excluding hydrogens is 432 g/mol. The summed E-state index contributed by atoms with van der Waals surface area (Å²) in [5.41, 5.74) is 6.56. The monoisotopic (exact) mass is 484 g/mol. The molecule has 0 aromatic heterocycles. The summed E-state index contributed by atoms with van der Waals surface area (Å²) in [5, 5.41) is 0.818. The molecule has 192 valence electrons. The van der Waals surface area contributed by atoms with E-state index in [1.54, 1.807) is 12.2 Å². The maximum Gasteiger partial charge on any atom is 0.0408 e. The van der Waals surface area contributed by atoms with Crippen LogP contribution in [-0.2, 0) is 6.42 Å². The molecule has 0 atom stereocenters. The molecule has 0 aliphatic carbocycles. The first kappa shape index (κ1) is 38.9. The second kappa shape index (κ2) is 30.7. The average Bonchev–Trinajstić information content (AvgIpc) is 2.80. The molecule has 0 amide bonds. The van der Waals surface area contributed by atoms with Crippen molar-refractivity contribution in [2.24, 2.45) is 0 Å². The van der Waals surface area contributed by atoms with Crippen LogP contribution in [0.25, 0.3) is 0 Å². The fourth-order valence-corrected chi connectivity index (χ4v) is 2.31. The zero-order valence-electron chi connectivity index (χ0n) is 24.0. The molecule has 0 N–H and O–H groups in total. The van der Waals surface area contributed by atoms with E-state index < -0.39 is 0 Å². The summed E-state index contributed by atoms with van der Waals surface area (Å²) in [6, 6.07) is 14.5. The highest BCUT2D eigenvalue weighted by atomic mass is 35.5. The second-order valence-electron chi connectivity index (χ2n) is 7.43. The van der Waals surface area contributed by atoms with Gasteiger partial charge in [0.15, 0.2) is 0 Å². The lowest BCUT2D eigenvalue weighted by Crippen LogP contribution is -1.78. The summed E-state index contributed by atoms with van der Waals surface area (Å²) >= 11 is 5.72. The standard InChI is InChI=1S/C9H12.C8H9Cl.C8H14.2C3H6.C2H6/c1-3-9-6-4-5-8(2)7-9;1-6-3-4-8(9)5-7(6)2;1-4-5-6-7-8(2)3;2*1-3-2;1-2/h4-7H,3H2,1-2H3;3-5H,1-2H3;5-6H,2,4,7H2,1,3H3;2*3H,1H2,2H3;1-2H3/b;;6-5-;;;. The summed E-state index contributed by atoms with van der Waals surface area (Å²) in [6.45, 7) is 30.9. The van der Waals surface area contributed by atoms with Crippen molar-refractivity contribution in [3.63, 3.8) is 0 Å². The van der Waals surface area contributed by atoms with Crippen LogP contribution in [0.1, 0.15) is 83.6 Å². The number of aryl methyl sites for hydroxylation is 4. The van der Waals surface area contributed by atoms with Crippen LogP contribution < -0.4 is 0 Å². The van der Waals surface area contributed by atoms with Crippen molar-refractivity contribution in [1.29, 1.82) is 0 Å². The van der Waals surface area contributed by atoms with E-state index in [0.29, 0.717) is 0 Å². The molecule has 34 heavy (non-hydrogen) atoms. The molecule has 0 nitrogen and oxygen atoms in total. The largest absolute Gasteiger partial charge is 0.103 e. The molecule has 0 unspecified atom stereocenters. The Morgan fingerprint density at radius 2 is 1.38 bits per heavy atom. The number of halogens is 1. The van der Waals surface area contributed by atoms with Crippen molar-refractivity contribution < 1.29 is 0 Å². The average molecular weight is 485 g/mol. The minimum Gasteiger partial charge on any atom is -0.103 e. The lowest BCUT2D eigenvalue weighted by atomic mass is 10.1. The Hall–Kier alpha value is -2.31. The van der Waals surface area contributed by atoms with E-state index in [2.05, 4.69) is 90.8 Å². The Bertz CT molecular complexity index is 760. The van der Waals surface area contributed by atoms with Gasteiger partial charge < -0.3 is 0 Å². The topological polar surface area (TPSA) is 0 Å². The SMILES string of the molecule is C=C(C)C/C=C\CC.C=CC.C=CC.CC.CCc1cccc(C)c1.Cc1ccc(Cl)cc1C. The maximum atomic E-state index is 5.72. The van der Waals surface area contributed by atoms with E-state index in [4.69, 9.17) is 11.6 Å². The predicted octanol–water partition coefficient (Wildman–Crippen LogP) is 11.8. The molecule has 2 rings (SSSR count). The lowest BCUT2D eigenvalue weighted by Gasteiger charge is -1.97. The molecule has 0 aliphatic rings. The Balaban J connectivity index is -0.000000172. The number of rotatable bonds is 4. The molecule has 0 spiro atoms. The number of hydrogen-bond donors (Lipinski definition) is 0. The fourth-order valence-electron chi connectivity index (χ4n) is 2.09. The molecule has 0 heterocycles. The van der Waals surface area contributed by atoms with Crippen LogP contribution in [0.2, 0.25) is 5.02 Å². The normalized spacial score (nSPS) is 8.44. The van der Waals surface area contributed by atoms with Crippen molar-refractivity contribution in [2.45, 2.75) is 88.5 Å². The van der Waals surface area contributed by atoms with Crippen LogP contribution in [0.3, 0.4) is 0 Å². The van der Waals surface area contributed by atoms with Crippen LogP contribution in [0.5, 0.6) is 0 Å². The first-order chi connectivity index (χ1) is 16.1. The Morgan fingerprint density at radius 3 is 1.71 bits per heavy atom. The van der Waals surface area contributed by atoms with Gasteiger partial charge in [0.25, 0.3) is 0 Å². The summed E-state index contributed by atoms with van der Waals surface area (Å²) < 4.78 is 0. The Morgan fingerprint density at radius 1 is 0.853 bits per heavy atom. The summed E-state index contributed by atoms with van der Waals surface area (Å²) in [5.74, 6) is 0. The van der Waals surface area contributed by atoms with Gasteiger partial charge in [-0.05, 0) is 89.6 Å². The number of allylic oxidation sites excluding steroid dienone is 5. The third kappa shape index (κ3) is 31.9. The quantitative estimate of drug-likeness (QED) is 0.378. The summed E-state index contributed by atoms with van der Waals surface area (Å²) in [4.78, 5) is 0. The molecule has 0 radical (unpaired) electrons. The van der Waals surface area contributed by atoms with Gasteiger partial charge in [0.2, 0.25) is 0 Å². The van der Waals surface area contributed by atoms with E-state index in [1.165, 1.54) is 27.8 Å². The lowest BCUT2D eigenvalue weighted by molar-refractivity contribution is 1.13. The van der Waals surface area contributed by atoms with Gasteiger partial charge in [0, 0.05) is 5.02 Å². The molecule has 1 heteroatoms. The first-order valence-electron chi connectivity index (χ1n) is 12.3. The van der Waals surface area contributed by atoms with E-state index in [1.807, 2.05) is 52.8 Å². The van der Waals surface area contributed by atoms with Gasteiger partial charge in [-0.15, -0.1) is 13.2 Å². The van der Waals surface area contributed by atoms with Gasteiger partial charge in [0.05, 0.1) is 0 Å². The highest BCUT2D eigenvalue weighted by molar-refractivity contribution is 6.30. The van der Waals surface area contributed by atoms with Crippen LogP contribution in [0.4, 0.5) is 0 Å². The van der Waals surface area contributed by atoms with Gasteiger partial charge in [-0.3, -0.25) is 0 Å². The first-order valence-corrected chi connectivity index (χ1v) is 12.7. The number of hydrogen-bond acceptors (Lipinski definition) is 0. The summed E-state index contributed by atoms with van der Waals surface area (Å²) in [7, 11) is 0. The van der Waals surface area contributed by atoms with Crippen molar-refractivity contribution in [3.8, 4) is 0 Å². The Labute approximate surface area is 219 Å². The van der Waals surface area contributed by atoms with Crippen molar-refractivity contribution >= 4 is 11.6 Å². The van der Waals surface area contributed by atoms with E-state index in [-0.39, 0.29) is 0 Å². The van der Waals surface area contributed by atoms with Crippen LogP contribution in [0, 0.1) is 20.8 Å². The van der Waals surface area contributed by atoms with Crippen molar-refractivity contribution in [1.82, 2.24) is 0 Å². The van der Waals surface area contributed by atoms with Crippen LogP contribution in [-0.4, -0.2) is 0 Å². The highest BCUT2D eigenvalue weighted by Gasteiger charge is 1.90. The summed E-state index contributed by atoms with van der Waals surface area (Å²) in [6.07, 6.45) is 11.1. The van der Waals surface area contributed by atoms with Gasteiger partial charge >= 0.3 is 0 Å². The zero-order valence-corrected chi connectivity index (χ0v) is 24.7. The third-order valence-corrected chi connectivity index (χ3v) is 4.06. The van der Waals surface area contributed by atoms with Crippen LogP contribution >= 0.6 is 11.6 Å². The Kier molecular flexibility index (Phi) is 35.1. The molecule has 2 aromatic carbocycles. The van der Waals surface area contributed by atoms with E-state index in [9.17, 15) is 0 Å². The molecule has 2 aromatic rings. The molecule has 0 saturated carbocycles. The molecule has 0 bridgehead atoms. The maximum absolute atomic E-state index is 5.72. The van der Waals surface area contributed by atoms with Gasteiger partial charge in [-0.25, -0.2) is 0 Å². The smallest absolute Gasteiger partial charge is 0.0408 e. The molecule has 0 fully saturated rings. The highest BCUT2D eigenvalue weighted by Crippen LogP contribution is 2.13. The third-order valence-electron chi connectivity index (χ3n) is 3.83. The molecular formula is C33H53Cl. The van der Waals surface area contributed by atoms with E-state index in [0.717, 1.165) is 24.3 Å². The minimum atomic E-state index is 0.818. The van der Waals surface area contributed by atoms with Crippen molar-refractivity contribution in [3.05, 3.63) is 119 Å². The van der Waals surface area contributed by atoms with E-state index >= 15 is 0 Å². The zero-order chi connectivity index (χ0) is 27.4.